The molecule has 10 nitrogen and oxygen atoms in total. The van der Waals surface area contributed by atoms with E-state index in [1.54, 1.807) is 6.07 Å². The number of nitro benzene ring substituents is 1. The SMILES string of the molecule is O=C(CN1CCC1)NCCOc1cc2ncnc(Nc3ccc(Br)cc3F)c2cc1[N+](=O)[O-]. The molecule has 172 valence electrons. The molecule has 2 aromatic carbocycles. The van der Waals surface area contributed by atoms with Crippen molar-refractivity contribution in [3.8, 4) is 5.75 Å². The highest BCUT2D eigenvalue weighted by Gasteiger charge is 2.20. The summed E-state index contributed by atoms with van der Waals surface area (Å²) in [6, 6.07) is 7.19. The number of hydrogen-bond acceptors (Lipinski definition) is 8. The van der Waals surface area contributed by atoms with Gasteiger partial charge in [0, 0.05) is 16.6 Å². The van der Waals surface area contributed by atoms with Crippen molar-refractivity contribution < 1.29 is 18.8 Å². The van der Waals surface area contributed by atoms with Crippen molar-refractivity contribution in [2.75, 3.05) is 38.1 Å². The fourth-order valence-electron chi connectivity index (χ4n) is 3.30. The Morgan fingerprint density at radius 3 is 2.79 bits per heavy atom. The summed E-state index contributed by atoms with van der Waals surface area (Å²) in [7, 11) is 0. The molecule has 2 heterocycles. The minimum absolute atomic E-state index is 0.0176. The van der Waals surface area contributed by atoms with Crippen molar-refractivity contribution in [3.05, 3.63) is 57.1 Å². The third-order valence-corrected chi connectivity index (χ3v) is 5.59. The molecule has 33 heavy (non-hydrogen) atoms. The summed E-state index contributed by atoms with van der Waals surface area (Å²) in [6.45, 7) is 2.43. The maximum atomic E-state index is 14.2. The molecule has 2 N–H and O–H groups in total. The Kier molecular flexibility index (Phi) is 6.94. The lowest BCUT2D eigenvalue weighted by atomic mass is 10.2. The van der Waals surface area contributed by atoms with E-state index in [1.807, 2.05) is 4.90 Å². The maximum Gasteiger partial charge on any atom is 0.311 e. The van der Waals surface area contributed by atoms with E-state index in [2.05, 4.69) is 36.5 Å². The molecule has 0 radical (unpaired) electrons. The number of nitrogens with one attached hydrogen (secondary N) is 2. The topological polar surface area (TPSA) is 123 Å². The van der Waals surface area contributed by atoms with Crippen LogP contribution in [0.2, 0.25) is 0 Å². The molecule has 0 aliphatic carbocycles. The minimum Gasteiger partial charge on any atom is -0.485 e. The van der Waals surface area contributed by atoms with Crippen LogP contribution in [0.4, 0.5) is 21.6 Å². The van der Waals surface area contributed by atoms with Crippen LogP contribution in [0.3, 0.4) is 0 Å². The first-order chi connectivity index (χ1) is 15.9. The van der Waals surface area contributed by atoms with Crippen LogP contribution in [0.15, 0.2) is 41.1 Å². The van der Waals surface area contributed by atoms with E-state index in [0.29, 0.717) is 21.9 Å². The smallest absolute Gasteiger partial charge is 0.311 e. The Labute approximate surface area is 196 Å². The number of halogens is 2. The van der Waals surface area contributed by atoms with Crippen LogP contribution >= 0.6 is 15.9 Å². The van der Waals surface area contributed by atoms with E-state index in [0.717, 1.165) is 19.5 Å². The number of carbonyl (C=O) groups is 1. The van der Waals surface area contributed by atoms with Gasteiger partial charge in [0.15, 0.2) is 5.75 Å². The Balaban J connectivity index is 1.50. The molecular weight excluding hydrogens is 499 g/mol. The molecule has 12 heteroatoms. The predicted molar refractivity (Wildman–Crippen MR) is 123 cm³/mol. The summed E-state index contributed by atoms with van der Waals surface area (Å²) in [5.74, 6) is -0.394. The number of carbonyl (C=O) groups excluding carboxylic acids is 1. The minimum atomic E-state index is -0.575. The van der Waals surface area contributed by atoms with Gasteiger partial charge in [-0.2, -0.15) is 0 Å². The fraction of sp³-hybridized carbons (Fsp3) is 0.286. The fourth-order valence-corrected chi connectivity index (χ4v) is 3.63. The number of aromatic nitrogens is 2. The van der Waals surface area contributed by atoms with Crippen molar-refractivity contribution in [3.63, 3.8) is 0 Å². The molecule has 0 saturated carbocycles. The molecule has 1 aliphatic heterocycles. The summed E-state index contributed by atoms with van der Waals surface area (Å²) in [5.41, 5.74) is 0.256. The van der Waals surface area contributed by atoms with Crippen molar-refractivity contribution >= 4 is 49.9 Å². The molecule has 0 atom stereocenters. The lowest BCUT2D eigenvalue weighted by molar-refractivity contribution is -0.385. The van der Waals surface area contributed by atoms with Crippen LogP contribution in [0.1, 0.15) is 6.42 Å². The maximum absolute atomic E-state index is 14.2. The predicted octanol–water partition coefficient (Wildman–Crippen LogP) is 3.38. The molecule has 4 rings (SSSR count). The summed E-state index contributed by atoms with van der Waals surface area (Å²) in [4.78, 5) is 33.2. The molecule has 1 fully saturated rings. The number of rotatable bonds is 9. The van der Waals surface area contributed by atoms with Crippen LogP contribution in [0, 0.1) is 15.9 Å². The number of anilines is 2. The van der Waals surface area contributed by atoms with E-state index in [-0.39, 0.29) is 42.0 Å². The van der Waals surface area contributed by atoms with Crippen LogP contribution in [0.5, 0.6) is 5.75 Å². The van der Waals surface area contributed by atoms with E-state index < -0.39 is 10.7 Å². The van der Waals surface area contributed by atoms with Gasteiger partial charge in [-0.1, -0.05) is 15.9 Å². The first-order valence-electron chi connectivity index (χ1n) is 10.2. The van der Waals surface area contributed by atoms with Gasteiger partial charge < -0.3 is 15.4 Å². The van der Waals surface area contributed by atoms with Gasteiger partial charge in [-0.25, -0.2) is 14.4 Å². The van der Waals surface area contributed by atoms with Crippen LogP contribution in [-0.2, 0) is 4.79 Å². The van der Waals surface area contributed by atoms with Gasteiger partial charge in [0.25, 0.3) is 0 Å². The van der Waals surface area contributed by atoms with Crippen molar-refractivity contribution in [1.29, 1.82) is 0 Å². The Morgan fingerprint density at radius 2 is 2.09 bits per heavy atom. The summed E-state index contributed by atoms with van der Waals surface area (Å²) < 4.78 is 20.4. The third-order valence-electron chi connectivity index (χ3n) is 5.09. The largest absolute Gasteiger partial charge is 0.485 e. The molecule has 1 amide bonds. The first kappa shape index (κ1) is 22.8. The molecule has 1 aliphatic rings. The molecule has 3 aromatic rings. The van der Waals surface area contributed by atoms with Crippen LogP contribution < -0.4 is 15.4 Å². The second-order valence-corrected chi connectivity index (χ2v) is 8.31. The molecule has 0 spiro atoms. The summed E-state index contributed by atoms with van der Waals surface area (Å²) >= 11 is 3.20. The van der Waals surface area contributed by atoms with Gasteiger partial charge in [-0.3, -0.25) is 19.8 Å². The average molecular weight is 519 g/mol. The van der Waals surface area contributed by atoms with Crippen LogP contribution in [-0.4, -0.2) is 58.5 Å². The zero-order valence-corrected chi connectivity index (χ0v) is 19.0. The Hall–Kier alpha value is -3.38. The van der Waals surface area contributed by atoms with Crippen molar-refractivity contribution in [2.24, 2.45) is 0 Å². The van der Waals surface area contributed by atoms with Gasteiger partial charge in [-0.15, -0.1) is 0 Å². The summed E-state index contributed by atoms with van der Waals surface area (Å²) in [6.07, 6.45) is 2.37. The van der Waals surface area contributed by atoms with Gasteiger partial charge >= 0.3 is 5.69 Å². The number of likely N-dealkylation sites (tertiary alicyclic amines) is 1. The molecule has 0 unspecified atom stereocenters. The highest BCUT2D eigenvalue weighted by molar-refractivity contribution is 9.10. The third kappa shape index (κ3) is 5.52. The normalized spacial score (nSPS) is 13.4. The Bertz CT molecular complexity index is 1210. The lowest BCUT2D eigenvalue weighted by Crippen LogP contribution is -2.45. The van der Waals surface area contributed by atoms with E-state index >= 15 is 0 Å². The number of benzene rings is 2. The first-order valence-corrected chi connectivity index (χ1v) is 11.0. The second-order valence-electron chi connectivity index (χ2n) is 7.39. The monoisotopic (exact) mass is 518 g/mol. The number of nitro groups is 1. The highest BCUT2D eigenvalue weighted by Crippen LogP contribution is 2.35. The number of amides is 1. The molecule has 1 aromatic heterocycles. The molecule has 1 saturated heterocycles. The zero-order chi connectivity index (χ0) is 23.4. The molecular formula is C21H20BrFN6O4. The lowest BCUT2D eigenvalue weighted by Gasteiger charge is -2.29. The summed E-state index contributed by atoms with van der Waals surface area (Å²) in [5, 5.41) is 17.6. The quantitative estimate of drug-likeness (QED) is 0.251. The number of hydrogen-bond donors (Lipinski definition) is 2. The van der Waals surface area contributed by atoms with Crippen molar-refractivity contribution in [2.45, 2.75) is 6.42 Å². The standard InChI is InChI=1S/C21H20BrFN6O4/c22-13-2-3-16(15(23)8-13)27-21-14-9-18(29(31)32)19(10-17(14)25-12-26-21)33-7-4-24-20(30)11-28-5-1-6-28/h2-3,8-10,12H,1,4-7,11H2,(H,24,30)(H,25,26,27). The van der Waals surface area contributed by atoms with E-state index in [4.69, 9.17) is 4.74 Å². The van der Waals surface area contributed by atoms with Crippen LogP contribution in [0.25, 0.3) is 10.9 Å². The number of fused-ring (bicyclic) bond motifs is 1. The number of nitrogens with zero attached hydrogens (tertiary/aromatic N) is 4. The van der Waals surface area contributed by atoms with Crippen molar-refractivity contribution in [1.82, 2.24) is 20.2 Å². The average Bonchev–Trinajstić information content (AvgIpc) is 2.75. The second kappa shape index (κ2) is 10.0. The van der Waals surface area contributed by atoms with Gasteiger partial charge in [-0.05, 0) is 37.7 Å². The van der Waals surface area contributed by atoms with Gasteiger partial charge in [0.2, 0.25) is 5.91 Å². The number of ether oxygens (including phenoxy) is 1. The highest BCUT2D eigenvalue weighted by atomic mass is 79.9. The van der Waals surface area contributed by atoms with Gasteiger partial charge in [0.1, 0.15) is 24.6 Å². The van der Waals surface area contributed by atoms with E-state index in [9.17, 15) is 19.3 Å². The van der Waals surface area contributed by atoms with Gasteiger partial charge in [0.05, 0.1) is 34.6 Å². The van der Waals surface area contributed by atoms with E-state index in [1.165, 1.54) is 30.6 Å². The Morgan fingerprint density at radius 1 is 1.27 bits per heavy atom. The molecule has 0 bridgehead atoms. The zero-order valence-electron chi connectivity index (χ0n) is 17.4.